The van der Waals surface area contributed by atoms with Crippen LogP contribution in [-0.2, 0) is 32.7 Å². The molecule has 0 atom stereocenters. The predicted molar refractivity (Wildman–Crippen MR) is 55.1 cm³/mol. The Morgan fingerprint density at radius 2 is 1.50 bits per heavy atom. The number of aromatic hydroxyl groups is 1. The molecule has 1 nitrogen and oxygen atoms in total. The smallest absolute Gasteiger partial charge is 0.126 e. The second-order valence-electron chi connectivity index (χ2n) is 3.40. The van der Waals surface area contributed by atoms with Crippen LogP contribution in [0.15, 0.2) is 30.3 Å². The summed E-state index contributed by atoms with van der Waals surface area (Å²) in [6.07, 6.45) is 0. The number of aryl methyl sites for hydroxylation is 2. The second-order valence-corrected chi connectivity index (χ2v) is 3.40. The molecular formula is C12H12OY. The Hall–Kier alpha value is -0.396. The third-order valence-electron chi connectivity index (χ3n) is 2.41. The molecule has 1 N–H and O–H groups in total. The van der Waals surface area contributed by atoms with Crippen LogP contribution in [-0.4, -0.2) is 5.11 Å². The van der Waals surface area contributed by atoms with E-state index in [-0.39, 0.29) is 32.7 Å². The van der Waals surface area contributed by atoms with Gasteiger partial charge in [0.1, 0.15) is 5.75 Å². The van der Waals surface area contributed by atoms with Crippen LogP contribution >= 0.6 is 0 Å². The predicted octanol–water partition coefficient (Wildman–Crippen LogP) is 3.16. The molecule has 0 aliphatic rings. The number of benzene rings is 2. The summed E-state index contributed by atoms with van der Waals surface area (Å²) in [6.45, 7) is 3.99. The summed E-state index contributed by atoms with van der Waals surface area (Å²) in [5, 5.41) is 11.9. The van der Waals surface area contributed by atoms with Crippen molar-refractivity contribution in [2.75, 3.05) is 0 Å². The molecule has 2 aromatic rings. The van der Waals surface area contributed by atoms with Gasteiger partial charge in [-0.3, -0.25) is 0 Å². The number of hydrogen-bond donors (Lipinski definition) is 1. The third kappa shape index (κ3) is 1.84. The number of rotatable bonds is 0. The van der Waals surface area contributed by atoms with Crippen molar-refractivity contribution < 1.29 is 37.8 Å². The first-order chi connectivity index (χ1) is 6.20. The van der Waals surface area contributed by atoms with Crippen molar-refractivity contribution >= 4 is 10.8 Å². The maximum Gasteiger partial charge on any atom is 0.126 e. The van der Waals surface area contributed by atoms with Crippen LogP contribution in [0.1, 0.15) is 11.1 Å². The summed E-state index contributed by atoms with van der Waals surface area (Å²) in [7, 11) is 0. The molecule has 0 aromatic heterocycles. The van der Waals surface area contributed by atoms with Gasteiger partial charge in [-0.05, 0) is 30.4 Å². The summed E-state index contributed by atoms with van der Waals surface area (Å²) in [4.78, 5) is 0. The Morgan fingerprint density at radius 3 is 2.14 bits per heavy atom. The van der Waals surface area contributed by atoms with Crippen molar-refractivity contribution in [3.8, 4) is 5.75 Å². The minimum absolute atomic E-state index is 0. The van der Waals surface area contributed by atoms with Gasteiger partial charge in [-0.25, -0.2) is 0 Å². The van der Waals surface area contributed by atoms with E-state index in [0.717, 1.165) is 16.3 Å². The first kappa shape index (κ1) is 11.7. The van der Waals surface area contributed by atoms with Crippen molar-refractivity contribution in [3.05, 3.63) is 41.5 Å². The van der Waals surface area contributed by atoms with Gasteiger partial charge in [0, 0.05) is 38.1 Å². The van der Waals surface area contributed by atoms with Gasteiger partial charge in [0.2, 0.25) is 0 Å². The molecule has 2 rings (SSSR count). The number of fused-ring (bicyclic) bond motifs is 1. The van der Waals surface area contributed by atoms with E-state index >= 15 is 0 Å². The van der Waals surface area contributed by atoms with Gasteiger partial charge in [-0.1, -0.05) is 30.3 Å². The molecule has 2 heteroatoms. The molecule has 69 valence electrons. The van der Waals surface area contributed by atoms with E-state index in [4.69, 9.17) is 0 Å². The Bertz CT molecular complexity index is 463. The zero-order valence-electron chi connectivity index (χ0n) is 8.41. The van der Waals surface area contributed by atoms with Crippen molar-refractivity contribution in [1.82, 2.24) is 0 Å². The van der Waals surface area contributed by atoms with Gasteiger partial charge < -0.3 is 5.11 Å². The second kappa shape index (κ2) is 4.42. The molecule has 1 radical (unpaired) electrons. The molecule has 0 saturated carbocycles. The molecule has 14 heavy (non-hydrogen) atoms. The summed E-state index contributed by atoms with van der Waals surface area (Å²) in [5.74, 6) is 0.404. The molecule has 0 aliphatic carbocycles. The Labute approximate surface area is 109 Å². The van der Waals surface area contributed by atoms with E-state index in [1.165, 1.54) is 5.56 Å². The van der Waals surface area contributed by atoms with Gasteiger partial charge in [0.05, 0.1) is 0 Å². The maximum absolute atomic E-state index is 9.78. The fraction of sp³-hybridized carbons (Fsp3) is 0.167. The Morgan fingerprint density at radius 1 is 0.929 bits per heavy atom. The normalized spacial score (nSPS) is 9.86. The largest absolute Gasteiger partial charge is 0.507 e. The molecule has 0 unspecified atom stereocenters. The molecule has 0 spiro atoms. The van der Waals surface area contributed by atoms with Crippen LogP contribution in [0.2, 0.25) is 0 Å². The summed E-state index contributed by atoms with van der Waals surface area (Å²) >= 11 is 0. The SMILES string of the molecule is Cc1cc(C)c2ccccc2c1O.[Y]. The zero-order chi connectivity index (χ0) is 9.42. The molecule has 0 amide bonds. The molecule has 0 fully saturated rings. The molecular weight excluding hydrogens is 249 g/mol. The van der Waals surface area contributed by atoms with Gasteiger partial charge in [0.15, 0.2) is 0 Å². The minimum atomic E-state index is 0. The van der Waals surface area contributed by atoms with E-state index in [0.29, 0.717) is 5.75 Å². The standard InChI is InChI=1S/C12H12O.Y/c1-8-7-9(2)12(13)11-6-4-3-5-10(8)11;/h3-7,13H,1-2H3;. The van der Waals surface area contributed by atoms with Crippen LogP contribution in [0.3, 0.4) is 0 Å². The van der Waals surface area contributed by atoms with Crippen LogP contribution in [0.4, 0.5) is 0 Å². The topological polar surface area (TPSA) is 20.2 Å². The zero-order valence-corrected chi connectivity index (χ0v) is 11.2. The van der Waals surface area contributed by atoms with Gasteiger partial charge in [-0.2, -0.15) is 0 Å². The Kier molecular flexibility index (Phi) is 3.68. The van der Waals surface area contributed by atoms with Crippen LogP contribution in [0.5, 0.6) is 5.75 Å². The van der Waals surface area contributed by atoms with Crippen molar-refractivity contribution in [1.29, 1.82) is 0 Å². The van der Waals surface area contributed by atoms with E-state index in [1.807, 2.05) is 37.3 Å². The fourth-order valence-corrected chi connectivity index (χ4v) is 1.72. The number of hydrogen-bond acceptors (Lipinski definition) is 1. The Balaban J connectivity index is 0.000000980. The van der Waals surface area contributed by atoms with E-state index in [1.54, 1.807) is 0 Å². The van der Waals surface area contributed by atoms with E-state index in [9.17, 15) is 5.11 Å². The average molecular weight is 261 g/mol. The van der Waals surface area contributed by atoms with Crippen LogP contribution < -0.4 is 0 Å². The van der Waals surface area contributed by atoms with E-state index < -0.39 is 0 Å². The number of phenols is 1. The van der Waals surface area contributed by atoms with Crippen LogP contribution in [0, 0.1) is 13.8 Å². The molecule has 0 heterocycles. The maximum atomic E-state index is 9.78. The summed E-state index contributed by atoms with van der Waals surface area (Å²) < 4.78 is 0. The van der Waals surface area contributed by atoms with Gasteiger partial charge in [0.25, 0.3) is 0 Å². The quantitative estimate of drug-likeness (QED) is 0.772. The average Bonchev–Trinajstić information content (AvgIpc) is 2.15. The summed E-state index contributed by atoms with van der Waals surface area (Å²) in [5.41, 5.74) is 2.15. The molecule has 0 saturated heterocycles. The molecule has 0 aliphatic heterocycles. The first-order valence-corrected chi connectivity index (χ1v) is 4.38. The molecule has 0 bridgehead atoms. The van der Waals surface area contributed by atoms with Crippen LogP contribution in [0.25, 0.3) is 10.8 Å². The van der Waals surface area contributed by atoms with E-state index in [2.05, 4.69) is 6.92 Å². The summed E-state index contributed by atoms with van der Waals surface area (Å²) in [6, 6.07) is 9.93. The van der Waals surface area contributed by atoms with Crippen molar-refractivity contribution in [3.63, 3.8) is 0 Å². The monoisotopic (exact) mass is 261 g/mol. The fourth-order valence-electron chi connectivity index (χ4n) is 1.72. The van der Waals surface area contributed by atoms with Gasteiger partial charge >= 0.3 is 0 Å². The van der Waals surface area contributed by atoms with Crippen molar-refractivity contribution in [2.24, 2.45) is 0 Å². The third-order valence-corrected chi connectivity index (χ3v) is 2.41. The van der Waals surface area contributed by atoms with Crippen molar-refractivity contribution in [2.45, 2.75) is 13.8 Å². The van der Waals surface area contributed by atoms with Gasteiger partial charge in [-0.15, -0.1) is 0 Å². The first-order valence-electron chi connectivity index (χ1n) is 4.38. The molecule has 2 aromatic carbocycles. The number of phenolic OH excluding ortho intramolecular Hbond substituents is 1. The minimum Gasteiger partial charge on any atom is -0.507 e.